The van der Waals surface area contributed by atoms with Crippen molar-refractivity contribution in [3.05, 3.63) is 75.9 Å². The van der Waals surface area contributed by atoms with Gasteiger partial charge in [-0.1, -0.05) is 28.1 Å². The maximum absolute atomic E-state index is 5.81. The lowest BCUT2D eigenvalue weighted by Gasteiger charge is -2.21. The molecule has 3 aromatic carbocycles. The number of fused-ring (bicyclic) bond motifs is 5. The fourth-order valence-electron chi connectivity index (χ4n) is 5.04. The first-order valence-electron chi connectivity index (χ1n) is 10.9. The molecule has 0 saturated carbocycles. The van der Waals surface area contributed by atoms with E-state index in [0.717, 1.165) is 57.6 Å². The third-order valence-electron chi connectivity index (χ3n) is 6.51. The van der Waals surface area contributed by atoms with Gasteiger partial charge in [0.05, 0.1) is 25.2 Å². The van der Waals surface area contributed by atoms with Crippen LogP contribution in [0.5, 0.6) is 23.0 Å². The number of ether oxygens (including phenoxy) is 4. The Bertz CT molecular complexity index is 1420. The number of benzene rings is 3. The second kappa shape index (κ2) is 7.96. The molecule has 2 aliphatic heterocycles. The normalized spacial score (nSPS) is 13.5. The predicted octanol–water partition coefficient (Wildman–Crippen LogP) is 5.45. The van der Waals surface area contributed by atoms with Crippen molar-refractivity contribution < 1.29 is 23.5 Å². The van der Waals surface area contributed by atoms with Crippen molar-refractivity contribution in [1.29, 1.82) is 0 Å². The molecule has 0 aliphatic carbocycles. The third kappa shape index (κ3) is 3.32. The molecule has 0 N–H and O–H groups in total. The Balaban J connectivity index is 1.66. The first kappa shape index (κ1) is 20.4. The Morgan fingerprint density at radius 2 is 1.82 bits per heavy atom. The molecule has 0 saturated heterocycles. The van der Waals surface area contributed by atoms with Crippen LogP contribution in [0.1, 0.15) is 16.7 Å². The molecule has 4 aromatic rings. The van der Waals surface area contributed by atoms with Gasteiger partial charge in [0.15, 0.2) is 35.7 Å². The number of pyridine rings is 1. The van der Waals surface area contributed by atoms with E-state index in [2.05, 4.69) is 69.2 Å². The number of nitrogens with zero attached hydrogens (tertiary/aromatic N) is 1. The van der Waals surface area contributed by atoms with Crippen molar-refractivity contribution in [2.24, 2.45) is 0 Å². The quantitative estimate of drug-likeness (QED) is 0.346. The summed E-state index contributed by atoms with van der Waals surface area (Å²) in [5, 5.41) is 2.21. The summed E-state index contributed by atoms with van der Waals surface area (Å²) in [6.45, 7) is 1.15. The second-order valence-corrected chi connectivity index (χ2v) is 9.25. The Morgan fingerprint density at radius 1 is 0.970 bits per heavy atom. The fourth-order valence-corrected chi connectivity index (χ4v) is 5.49. The molecule has 2 aliphatic rings. The van der Waals surface area contributed by atoms with E-state index < -0.39 is 0 Å². The molecule has 33 heavy (non-hydrogen) atoms. The number of rotatable bonds is 4. The number of methoxy groups -OCH3 is 2. The van der Waals surface area contributed by atoms with Crippen LogP contribution in [0.3, 0.4) is 0 Å². The molecule has 6 heteroatoms. The summed E-state index contributed by atoms with van der Waals surface area (Å²) in [7, 11) is 3.38. The average molecular weight is 505 g/mol. The van der Waals surface area contributed by atoms with E-state index in [1.165, 1.54) is 27.9 Å². The van der Waals surface area contributed by atoms with Crippen molar-refractivity contribution in [1.82, 2.24) is 0 Å². The Morgan fingerprint density at radius 3 is 2.61 bits per heavy atom. The zero-order valence-corrected chi connectivity index (χ0v) is 20.1. The Labute approximate surface area is 200 Å². The highest BCUT2D eigenvalue weighted by Gasteiger charge is 2.32. The minimum Gasteiger partial charge on any atom is -0.493 e. The van der Waals surface area contributed by atoms with Crippen molar-refractivity contribution in [2.45, 2.75) is 19.4 Å². The number of hydrogen-bond donors (Lipinski definition) is 0. The minimum atomic E-state index is 0.276. The molecule has 0 radical (unpaired) electrons. The number of hydrogen-bond acceptors (Lipinski definition) is 4. The topological polar surface area (TPSA) is 40.8 Å². The molecule has 0 atom stereocenters. The van der Waals surface area contributed by atoms with Gasteiger partial charge in [0.1, 0.15) is 0 Å². The van der Waals surface area contributed by atoms with Gasteiger partial charge in [-0.05, 0) is 47.5 Å². The van der Waals surface area contributed by atoms with Crippen LogP contribution < -0.4 is 23.5 Å². The molecule has 0 bridgehead atoms. The third-order valence-corrected chi connectivity index (χ3v) is 7.01. The molecule has 0 amide bonds. The lowest BCUT2D eigenvalue weighted by molar-refractivity contribution is -0.686. The van der Waals surface area contributed by atoms with Gasteiger partial charge in [0, 0.05) is 28.3 Å². The van der Waals surface area contributed by atoms with Crippen molar-refractivity contribution >= 4 is 26.7 Å². The summed E-state index contributed by atoms with van der Waals surface area (Å²) in [5.41, 5.74) is 6.20. The highest BCUT2D eigenvalue weighted by molar-refractivity contribution is 9.10. The molecule has 5 nitrogen and oxygen atoms in total. The van der Waals surface area contributed by atoms with E-state index in [-0.39, 0.29) is 6.79 Å². The van der Waals surface area contributed by atoms with Gasteiger partial charge < -0.3 is 18.9 Å². The fraction of sp³-hybridized carbons (Fsp3) is 0.222. The van der Waals surface area contributed by atoms with Crippen LogP contribution in [0, 0.1) is 0 Å². The van der Waals surface area contributed by atoms with E-state index in [0.29, 0.717) is 0 Å². The molecule has 1 aromatic heterocycles. The van der Waals surface area contributed by atoms with Gasteiger partial charge in [0.2, 0.25) is 12.5 Å². The highest BCUT2D eigenvalue weighted by atomic mass is 79.9. The van der Waals surface area contributed by atoms with Crippen LogP contribution in [-0.2, 0) is 19.4 Å². The van der Waals surface area contributed by atoms with E-state index >= 15 is 0 Å². The van der Waals surface area contributed by atoms with Crippen molar-refractivity contribution in [3.63, 3.8) is 0 Å². The SMILES string of the molecule is COc1ccc2c(Cc3cccc(Br)c3)c3[n+](cc2c1OC)CCc1cc2c(cc1-3)OCO2. The molecule has 166 valence electrons. The van der Waals surface area contributed by atoms with Crippen LogP contribution in [0.2, 0.25) is 0 Å². The van der Waals surface area contributed by atoms with Crippen molar-refractivity contribution in [2.75, 3.05) is 21.0 Å². The van der Waals surface area contributed by atoms with Gasteiger partial charge in [-0.2, -0.15) is 4.57 Å². The predicted molar refractivity (Wildman–Crippen MR) is 129 cm³/mol. The molecule has 0 spiro atoms. The van der Waals surface area contributed by atoms with Gasteiger partial charge in [0.25, 0.3) is 0 Å². The van der Waals surface area contributed by atoms with Gasteiger partial charge >= 0.3 is 0 Å². The zero-order valence-electron chi connectivity index (χ0n) is 18.5. The summed E-state index contributed by atoms with van der Waals surface area (Å²) in [6.07, 6.45) is 3.91. The molecular weight excluding hydrogens is 482 g/mol. The van der Waals surface area contributed by atoms with E-state index in [4.69, 9.17) is 18.9 Å². The number of halogens is 1. The smallest absolute Gasteiger partial charge is 0.231 e. The largest absolute Gasteiger partial charge is 0.493 e. The number of aryl methyl sites for hydroxylation is 2. The van der Waals surface area contributed by atoms with Gasteiger partial charge in [-0.3, -0.25) is 0 Å². The molecule has 0 fully saturated rings. The maximum Gasteiger partial charge on any atom is 0.231 e. The summed E-state index contributed by atoms with van der Waals surface area (Å²) >= 11 is 3.63. The molecular formula is C27H23BrNO4+. The lowest BCUT2D eigenvalue weighted by atomic mass is 9.88. The monoisotopic (exact) mass is 504 g/mol. The van der Waals surface area contributed by atoms with Crippen LogP contribution in [0.25, 0.3) is 22.0 Å². The van der Waals surface area contributed by atoms with E-state index in [9.17, 15) is 0 Å². The summed E-state index contributed by atoms with van der Waals surface area (Å²) < 4.78 is 26.2. The zero-order chi connectivity index (χ0) is 22.5. The van der Waals surface area contributed by atoms with Crippen molar-refractivity contribution in [3.8, 4) is 34.3 Å². The first-order valence-corrected chi connectivity index (χ1v) is 11.7. The van der Waals surface area contributed by atoms with Gasteiger partial charge in [-0.15, -0.1) is 0 Å². The first-order chi connectivity index (χ1) is 16.2. The molecule has 6 rings (SSSR count). The second-order valence-electron chi connectivity index (χ2n) is 8.33. The number of aromatic nitrogens is 1. The molecule has 3 heterocycles. The van der Waals surface area contributed by atoms with E-state index in [1.54, 1.807) is 14.2 Å². The average Bonchev–Trinajstić information content (AvgIpc) is 3.29. The highest BCUT2D eigenvalue weighted by Crippen LogP contribution is 2.44. The van der Waals surface area contributed by atoms with Gasteiger partial charge in [-0.25, -0.2) is 0 Å². The molecule has 0 unspecified atom stereocenters. The van der Waals surface area contributed by atoms with Crippen LogP contribution in [-0.4, -0.2) is 21.0 Å². The summed E-state index contributed by atoms with van der Waals surface area (Å²) in [6, 6.07) is 16.9. The van der Waals surface area contributed by atoms with Crippen LogP contribution in [0.15, 0.2) is 59.2 Å². The minimum absolute atomic E-state index is 0.276. The summed E-state index contributed by atoms with van der Waals surface area (Å²) in [5.74, 6) is 3.14. The Kier molecular flexibility index (Phi) is 4.91. The lowest BCUT2D eigenvalue weighted by Crippen LogP contribution is -2.41. The van der Waals surface area contributed by atoms with E-state index in [1.807, 2.05) is 6.07 Å². The summed E-state index contributed by atoms with van der Waals surface area (Å²) in [4.78, 5) is 0. The maximum atomic E-state index is 5.81. The standard InChI is InChI=1S/C27H23BrNO4/c1-30-23-7-6-19-21(11-16-4-3-5-18(28)10-16)26-20-13-25-24(32-15-33-25)12-17(20)8-9-29(26)14-22(19)27(23)31-2/h3-7,10,12-14H,8-9,11,15H2,1-2H3/q+1. The van der Waals surface area contributed by atoms with Crippen LogP contribution >= 0.6 is 15.9 Å². The van der Waals surface area contributed by atoms with Crippen LogP contribution in [0.4, 0.5) is 0 Å². The Hall–Kier alpha value is -3.25.